The first kappa shape index (κ1) is 10.0. The summed E-state index contributed by atoms with van der Waals surface area (Å²) >= 11 is 0. The summed E-state index contributed by atoms with van der Waals surface area (Å²) in [6.45, 7) is 7.90. The molecule has 1 rings (SSSR count). The van der Waals surface area contributed by atoms with Crippen molar-refractivity contribution in [2.24, 2.45) is 5.41 Å². The van der Waals surface area contributed by atoms with Crippen LogP contribution in [0.1, 0.15) is 52.9 Å². The number of hydrogen-bond acceptors (Lipinski definition) is 1. The van der Waals surface area contributed by atoms with Gasteiger partial charge in [-0.1, -0.05) is 20.8 Å². The first-order valence-corrected chi connectivity index (χ1v) is 5.19. The highest BCUT2D eigenvalue weighted by atomic mass is 16.5. The van der Waals surface area contributed by atoms with Gasteiger partial charge in [-0.3, -0.25) is 0 Å². The Hall–Kier alpha value is -0.0400. The van der Waals surface area contributed by atoms with Crippen molar-refractivity contribution in [2.75, 3.05) is 6.61 Å². The molecule has 1 aliphatic heterocycles. The van der Waals surface area contributed by atoms with Crippen LogP contribution in [0.2, 0.25) is 0 Å². The van der Waals surface area contributed by atoms with Crippen LogP contribution in [0, 0.1) is 5.41 Å². The van der Waals surface area contributed by atoms with Gasteiger partial charge in [-0.05, 0) is 37.5 Å². The molecule has 0 aliphatic carbocycles. The Morgan fingerprint density at radius 2 is 2.00 bits per heavy atom. The number of rotatable bonds is 2. The molecule has 0 spiro atoms. The lowest BCUT2D eigenvalue weighted by atomic mass is 9.88. The molecule has 1 aliphatic rings. The van der Waals surface area contributed by atoms with E-state index in [1.54, 1.807) is 0 Å². The zero-order chi connectivity index (χ0) is 9.03. The molecule has 1 heteroatoms. The largest absolute Gasteiger partial charge is 0.378 e. The molecule has 0 radical (unpaired) electrons. The van der Waals surface area contributed by atoms with E-state index in [1.807, 2.05) is 0 Å². The Morgan fingerprint density at radius 1 is 1.25 bits per heavy atom. The summed E-state index contributed by atoms with van der Waals surface area (Å²) in [5, 5.41) is 0. The van der Waals surface area contributed by atoms with Crippen molar-refractivity contribution in [2.45, 2.75) is 59.0 Å². The summed E-state index contributed by atoms with van der Waals surface area (Å²) in [5.41, 5.74) is 0.473. The van der Waals surface area contributed by atoms with Crippen LogP contribution in [0.25, 0.3) is 0 Å². The van der Waals surface area contributed by atoms with E-state index in [-0.39, 0.29) is 0 Å². The van der Waals surface area contributed by atoms with Gasteiger partial charge in [-0.15, -0.1) is 0 Å². The van der Waals surface area contributed by atoms with Gasteiger partial charge in [0.25, 0.3) is 0 Å². The molecule has 1 fully saturated rings. The maximum Gasteiger partial charge on any atom is 0.0575 e. The Balaban J connectivity index is 2.13. The standard InChI is InChI=1S/C11H22O/c1-11(2,3)8-7-10-6-4-5-9-12-10/h10H,4-9H2,1-3H3. The first-order chi connectivity index (χ1) is 5.58. The third kappa shape index (κ3) is 4.10. The van der Waals surface area contributed by atoms with Crippen molar-refractivity contribution in [1.29, 1.82) is 0 Å². The van der Waals surface area contributed by atoms with Crippen molar-refractivity contribution < 1.29 is 4.74 Å². The summed E-state index contributed by atoms with van der Waals surface area (Å²) in [5.74, 6) is 0. The van der Waals surface area contributed by atoms with E-state index in [1.165, 1.54) is 32.1 Å². The van der Waals surface area contributed by atoms with E-state index in [9.17, 15) is 0 Å². The van der Waals surface area contributed by atoms with E-state index in [4.69, 9.17) is 4.74 Å². The van der Waals surface area contributed by atoms with Crippen molar-refractivity contribution >= 4 is 0 Å². The van der Waals surface area contributed by atoms with Crippen molar-refractivity contribution in [1.82, 2.24) is 0 Å². The maximum absolute atomic E-state index is 5.67. The molecular weight excluding hydrogens is 148 g/mol. The quantitative estimate of drug-likeness (QED) is 0.617. The molecule has 0 saturated carbocycles. The normalized spacial score (nSPS) is 25.8. The van der Waals surface area contributed by atoms with Gasteiger partial charge in [-0.25, -0.2) is 0 Å². The average Bonchev–Trinajstić information content (AvgIpc) is 2.02. The average molecular weight is 170 g/mol. The maximum atomic E-state index is 5.67. The smallest absolute Gasteiger partial charge is 0.0575 e. The van der Waals surface area contributed by atoms with Crippen LogP contribution in [0.5, 0.6) is 0 Å². The zero-order valence-corrected chi connectivity index (χ0v) is 8.73. The van der Waals surface area contributed by atoms with Crippen LogP contribution < -0.4 is 0 Å². The third-order valence-electron chi connectivity index (χ3n) is 2.49. The first-order valence-electron chi connectivity index (χ1n) is 5.19. The minimum absolute atomic E-state index is 0.473. The van der Waals surface area contributed by atoms with E-state index in [0.29, 0.717) is 11.5 Å². The highest BCUT2D eigenvalue weighted by molar-refractivity contribution is 4.68. The summed E-state index contributed by atoms with van der Waals surface area (Å²) in [4.78, 5) is 0. The lowest BCUT2D eigenvalue weighted by molar-refractivity contribution is 0.00517. The molecule has 1 saturated heterocycles. The van der Waals surface area contributed by atoms with Crippen LogP contribution in [-0.2, 0) is 4.74 Å². The Morgan fingerprint density at radius 3 is 2.50 bits per heavy atom. The second kappa shape index (κ2) is 4.27. The zero-order valence-electron chi connectivity index (χ0n) is 8.73. The lowest BCUT2D eigenvalue weighted by Gasteiger charge is -2.26. The van der Waals surface area contributed by atoms with Gasteiger partial charge in [0.1, 0.15) is 0 Å². The molecule has 0 bridgehead atoms. The number of ether oxygens (including phenoxy) is 1. The molecular formula is C11H22O. The van der Waals surface area contributed by atoms with Crippen LogP contribution in [0.15, 0.2) is 0 Å². The summed E-state index contributed by atoms with van der Waals surface area (Å²) in [6, 6.07) is 0. The topological polar surface area (TPSA) is 9.23 Å². The van der Waals surface area contributed by atoms with Gasteiger partial charge in [0.05, 0.1) is 6.10 Å². The van der Waals surface area contributed by atoms with Crippen molar-refractivity contribution in [3.8, 4) is 0 Å². The third-order valence-corrected chi connectivity index (χ3v) is 2.49. The van der Waals surface area contributed by atoms with Gasteiger partial charge in [0, 0.05) is 6.61 Å². The summed E-state index contributed by atoms with van der Waals surface area (Å²) in [6.07, 6.45) is 7.04. The Labute approximate surface area is 76.5 Å². The number of hydrogen-bond donors (Lipinski definition) is 0. The predicted molar refractivity (Wildman–Crippen MR) is 52.3 cm³/mol. The highest BCUT2D eigenvalue weighted by Crippen LogP contribution is 2.25. The second-order valence-corrected chi connectivity index (χ2v) is 5.09. The van der Waals surface area contributed by atoms with Crippen LogP contribution in [0.4, 0.5) is 0 Å². The minimum Gasteiger partial charge on any atom is -0.378 e. The van der Waals surface area contributed by atoms with Crippen LogP contribution in [-0.4, -0.2) is 12.7 Å². The Bertz CT molecular complexity index is 117. The van der Waals surface area contributed by atoms with Gasteiger partial charge < -0.3 is 4.74 Å². The van der Waals surface area contributed by atoms with E-state index in [2.05, 4.69) is 20.8 Å². The van der Waals surface area contributed by atoms with Crippen molar-refractivity contribution in [3.05, 3.63) is 0 Å². The lowest BCUT2D eigenvalue weighted by Crippen LogP contribution is -2.21. The molecule has 0 aromatic heterocycles. The monoisotopic (exact) mass is 170 g/mol. The SMILES string of the molecule is CC(C)(C)CCC1CCCCO1. The molecule has 1 atom stereocenters. The van der Waals surface area contributed by atoms with Crippen molar-refractivity contribution in [3.63, 3.8) is 0 Å². The van der Waals surface area contributed by atoms with E-state index in [0.717, 1.165) is 6.61 Å². The molecule has 1 nitrogen and oxygen atoms in total. The molecule has 12 heavy (non-hydrogen) atoms. The van der Waals surface area contributed by atoms with E-state index < -0.39 is 0 Å². The van der Waals surface area contributed by atoms with Crippen LogP contribution in [0.3, 0.4) is 0 Å². The van der Waals surface area contributed by atoms with Gasteiger partial charge in [0.15, 0.2) is 0 Å². The van der Waals surface area contributed by atoms with Gasteiger partial charge in [0.2, 0.25) is 0 Å². The van der Waals surface area contributed by atoms with Gasteiger partial charge >= 0.3 is 0 Å². The molecule has 1 unspecified atom stereocenters. The van der Waals surface area contributed by atoms with Crippen LogP contribution >= 0.6 is 0 Å². The fourth-order valence-corrected chi connectivity index (χ4v) is 1.63. The molecule has 1 heterocycles. The fourth-order valence-electron chi connectivity index (χ4n) is 1.63. The van der Waals surface area contributed by atoms with E-state index >= 15 is 0 Å². The summed E-state index contributed by atoms with van der Waals surface area (Å²) in [7, 11) is 0. The Kier molecular flexibility index (Phi) is 3.57. The van der Waals surface area contributed by atoms with Gasteiger partial charge in [-0.2, -0.15) is 0 Å². The molecule has 0 amide bonds. The fraction of sp³-hybridized carbons (Fsp3) is 1.00. The molecule has 0 aromatic rings. The predicted octanol–water partition coefficient (Wildman–Crippen LogP) is 3.38. The molecule has 72 valence electrons. The minimum atomic E-state index is 0.473. The summed E-state index contributed by atoms with van der Waals surface area (Å²) < 4.78 is 5.67. The molecule has 0 N–H and O–H groups in total. The second-order valence-electron chi connectivity index (χ2n) is 5.09. The molecule has 0 aromatic carbocycles. The highest BCUT2D eigenvalue weighted by Gasteiger charge is 2.17.